The highest BCUT2D eigenvalue weighted by atomic mass is 19.4. The quantitative estimate of drug-likeness (QED) is 0.908. The van der Waals surface area contributed by atoms with Crippen molar-refractivity contribution < 1.29 is 17.9 Å². The maximum atomic E-state index is 12.2. The molecule has 2 saturated heterocycles. The fourth-order valence-corrected chi connectivity index (χ4v) is 3.47. The van der Waals surface area contributed by atoms with Crippen LogP contribution in [0.3, 0.4) is 0 Å². The van der Waals surface area contributed by atoms with Crippen molar-refractivity contribution in [2.45, 2.75) is 20.2 Å². The van der Waals surface area contributed by atoms with Gasteiger partial charge >= 0.3 is 6.36 Å². The summed E-state index contributed by atoms with van der Waals surface area (Å²) in [5.74, 6) is -0.176. The zero-order valence-corrected chi connectivity index (χ0v) is 12.1. The first-order valence-electron chi connectivity index (χ1n) is 7.02. The summed E-state index contributed by atoms with van der Waals surface area (Å²) in [6.07, 6.45) is -4.64. The highest BCUT2D eigenvalue weighted by Crippen LogP contribution is 2.49. The van der Waals surface area contributed by atoms with Gasteiger partial charge in [0.15, 0.2) is 0 Å². The van der Waals surface area contributed by atoms with Crippen LogP contribution in [0.15, 0.2) is 24.3 Å². The molecule has 6 heteroatoms. The van der Waals surface area contributed by atoms with Crippen LogP contribution in [0.2, 0.25) is 0 Å². The Morgan fingerprint density at radius 1 is 1.05 bits per heavy atom. The maximum absolute atomic E-state index is 12.2. The number of fused-ring (bicyclic) bond motifs is 1. The largest absolute Gasteiger partial charge is 0.573 e. The molecule has 0 aromatic heterocycles. The molecular formula is C15H19F3N2O. The first-order chi connectivity index (χ1) is 9.71. The van der Waals surface area contributed by atoms with E-state index >= 15 is 0 Å². The summed E-state index contributed by atoms with van der Waals surface area (Å²) in [6, 6.07) is 6.14. The smallest absolute Gasteiger partial charge is 0.406 e. The average molecular weight is 300 g/mol. The van der Waals surface area contributed by atoms with Gasteiger partial charge in [-0.05, 0) is 24.3 Å². The van der Waals surface area contributed by atoms with Gasteiger partial charge in [-0.15, -0.1) is 13.2 Å². The molecule has 21 heavy (non-hydrogen) atoms. The third-order valence-electron chi connectivity index (χ3n) is 5.00. The summed E-state index contributed by atoms with van der Waals surface area (Å²) in [7, 11) is 0. The number of ether oxygens (including phenoxy) is 1. The number of halogens is 3. The zero-order chi connectivity index (χ0) is 15.3. The molecule has 0 amide bonds. The Morgan fingerprint density at radius 3 is 2.05 bits per heavy atom. The van der Waals surface area contributed by atoms with Gasteiger partial charge in [0.1, 0.15) is 5.75 Å². The van der Waals surface area contributed by atoms with E-state index in [4.69, 9.17) is 0 Å². The summed E-state index contributed by atoms with van der Waals surface area (Å²) in [6.45, 7) is 8.33. The van der Waals surface area contributed by atoms with Crippen molar-refractivity contribution in [1.82, 2.24) is 5.32 Å². The molecule has 2 heterocycles. The van der Waals surface area contributed by atoms with Gasteiger partial charge in [-0.2, -0.15) is 0 Å². The van der Waals surface area contributed by atoms with Gasteiger partial charge in [0.05, 0.1) is 0 Å². The van der Waals surface area contributed by atoms with E-state index in [-0.39, 0.29) is 16.6 Å². The van der Waals surface area contributed by atoms with Gasteiger partial charge in [0.25, 0.3) is 0 Å². The lowest BCUT2D eigenvalue weighted by atomic mass is 9.71. The van der Waals surface area contributed by atoms with Crippen LogP contribution < -0.4 is 15.0 Å². The average Bonchev–Trinajstić information content (AvgIpc) is 2.76. The highest BCUT2D eigenvalue weighted by molar-refractivity contribution is 5.51. The van der Waals surface area contributed by atoms with E-state index in [1.807, 2.05) is 0 Å². The normalized spacial score (nSPS) is 32.3. The fourth-order valence-electron chi connectivity index (χ4n) is 3.47. The molecule has 2 fully saturated rings. The second-order valence-electron chi connectivity index (χ2n) is 6.62. The van der Waals surface area contributed by atoms with Crippen molar-refractivity contribution in [3.63, 3.8) is 0 Å². The third kappa shape index (κ3) is 2.57. The number of rotatable bonds is 2. The van der Waals surface area contributed by atoms with Gasteiger partial charge in [0, 0.05) is 42.7 Å². The summed E-state index contributed by atoms with van der Waals surface area (Å²) >= 11 is 0. The number of nitrogens with one attached hydrogen (secondary N) is 1. The molecular weight excluding hydrogens is 281 g/mol. The first kappa shape index (κ1) is 14.5. The number of hydrogen-bond acceptors (Lipinski definition) is 3. The Bertz CT molecular complexity index is 513. The Balaban J connectivity index is 1.74. The van der Waals surface area contributed by atoms with Crippen LogP contribution in [0.1, 0.15) is 13.8 Å². The SMILES string of the molecule is C[C@@]12CNC[C@]1(C)CN(c1ccc(OC(F)(F)F)cc1)C2. The van der Waals surface area contributed by atoms with Gasteiger partial charge in [-0.3, -0.25) is 0 Å². The molecule has 0 spiro atoms. The number of anilines is 1. The molecule has 1 N–H and O–H groups in total. The molecule has 0 bridgehead atoms. The van der Waals surface area contributed by atoms with Crippen LogP contribution in [-0.2, 0) is 0 Å². The Hall–Kier alpha value is -1.43. The van der Waals surface area contributed by atoms with Gasteiger partial charge in [-0.1, -0.05) is 13.8 Å². The van der Waals surface area contributed by atoms with Crippen molar-refractivity contribution in [2.24, 2.45) is 10.8 Å². The maximum Gasteiger partial charge on any atom is 0.573 e. The second kappa shape index (κ2) is 4.53. The van der Waals surface area contributed by atoms with Crippen molar-refractivity contribution in [2.75, 3.05) is 31.1 Å². The second-order valence-corrected chi connectivity index (χ2v) is 6.62. The van der Waals surface area contributed by atoms with Gasteiger partial charge < -0.3 is 15.0 Å². The third-order valence-corrected chi connectivity index (χ3v) is 5.00. The predicted molar refractivity (Wildman–Crippen MR) is 74.4 cm³/mol. The van der Waals surface area contributed by atoms with Crippen molar-refractivity contribution in [3.05, 3.63) is 24.3 Å². The Labute approximate surface area is 122 Å². The van der Waals surface area contributed by atoms with Gasteiger partial charge in [0.2, 0.25) is 0 Å². The minimum atomic E-state index is -4.64. The minimum absolute atomic E-state index is 0.176. The molecule has 116 valence electrons. The van der Waals surface area contributed by atoms with Crippen LogP contribution in [-0.4, -0.2) is 32.5 Å². The van der Waals surface area contributed by atoms with Crippen LogP contribution in [0.5, 0.6) is 5.75 Å². The van der Waals surface area contributed by atoms with Gasteiger partial charge in [-0.25, -0.2) is 0 Å². The fraction of sp³-hybridized carbons (Fsp3) is 0.600. The van der Waals surface area contributed by atoms with Crippen molar-refractivity contribution >= 4 is 5.69 Å². The van der Waals surface area contributed by atoms with E-state index in [9.17, 15) is 13.2 Å². The topological polar surface area (TPSA) is 24.5 Å². The van der Waals surface area contributed by atoms with Crippen LogP contribution >= 0.6 is 0 Å². The zero-order valence-electron chi connectivity index (χ0n) is 12.1. The van der Waals surface area contributed by atoms with Crippen LogP contribution in [0.25, 0.3) is 0 Å². The summed E-state index contributed by atoms with van der Waals surface area (Å²) in [4.78, 5) is 2.25. The van der Waals surface area contributed by atoms with Crippen molar-refractivity contribution in [1.29, 1.82) is 0 Å². The summed E-state index contributed by atoms with van der Waals surface area (Å²) < 4.78 is 40.4. The van der Waals surface area contributed by atoms with E-state index in [0.29, 0.717) is 0 Å². The lowest BCUT2D eigenvalue weighted by molar-refractivity contribution is -0.274. The molecule has 0 saturated carbocycles. The molecule has 2 aliphatic rings. The molecule has 3 rings (SSSR count). The van der Waals surface area contributed by atoms with E-state index < -0.39 is 6.36 Å². The number of hydrogen-bond donors (Lipinski definition) is 1. The molecule has 0 aliphatic carbocycles. The molecule has 2 aliphatic heterocycles. The number of benzene rings is 1. The molecule has 0 unspecified atom stereocenters. The minimum Gasteiger partial charge on any atom is -0.406 e. The lowest BCUT2D eigenvalue weighted by Gasteiger charge is -2.30. The Kier molecular flexibility index (Phi) is 3.13. The number of alkyl halides is 3. The molecule has 1 aromatic carbocycles. The van der Waals surface area contributed by atoms with E-state index in [2.05, 4.69) is 28.8 Å². The van der Waals surface area contributed by atoms with E-state index in [0.717, 1.165) is 31.9 Å². The first-order valence-corrected chi connectivity index (χ1v) is 7.02. The number of nitrogens with zero attached hydrogens (tertiary/aromatic N) is 1. The molecule has 1 aromatic rings. The van der Waals surface area contributed by atoms with Crippen LogP contribution in [0, 0.1) is 10.8 Å². The molecule has 0 radical (unpaired) electrons. The molecule has 3 nitrogen and oxygen atoms in total. The monoisotopic (exact) mass is 300 g/mol. The Morgan fingerprint density at radius 2 is 1.57 bits per heavy atom. The van der Waals surface area contributed by atoms with E-state index in [1.54, 1.807) is 12.1 Å². The molecule has 2 atom stereocenters. The standard InChI is InChI=1S/C15H19F3N2O/c1-13-7-19-8-14(13,2)10-20(9-13)11-3-5-12(6-4-11)21-15(16,17)18/h3-6,19H,7-10H2,1-2H3/t13-,14+. The summed E-state index contributed by atoms with van der Waals surface area (Å²) in [5, 5.41) is 3.44. The summed E-state index contributed by atoms with van der Waals surface area (Å²) in [5.41, 5.74) is 1.35. The lowest BCUT2D eigenvalue weighted by Crippen LogP contribution is -2.34. The van der Waals surface area contributed by atoms with Crippen molar-refractivity contribution in [3.8, 4) is 5.75 Å². The van der Waals surface area contributed by atoms with E-state index in [1.165, 1.54) is 12.1 Å². The van der Waals surface area contributed by atoms with Crippen LogP contribution in [0.4, 0.5) is 18.9 Å². The highest BCUT2D eigenvalue weighted by Gasteiger charge is 2.54. The predicted octanol–water partition coefficient (Wildman–Crippen LogP) is 3.02.